The number of hydrogen-bond donors (Lipinski definition) is 2. The molecule has 1 amide bonds. The second-order valence-electron chi connectivity index (χ2n) is 3.66. The van der Waals surface area contributed by atoms with E-state index < -0.39 is 5.82 Å². The third kappa shape index (κ3) is 5.19. The number of rotatable bonds is 6. The Balaban J connectivity index is 2.37. The minimum atomic E-state index is -0.436. The van der Waals surface area contributed by atoms with Gasteiger partial charge in [0.25, 0.3) is 0 Å². The molecule has 1 rings (SSSR count). The highest BCUT2D eigenvalue weighted by molar-refractivity contribution is 8.00. The van der Waals surface area contributed by atoms with Crippen molar-refractivity contribution >= 4 is 23.4 Å². The summed E-state index contributed by atoms with van der Waals surface area (Å²) in [6, 6.07) is 6.06. The van der Waals surface area contributed by atoms with Gasteiger partial charge in [0.15, 0.2) is 0 Å². The molecule has 5 heteroatoms. The van der Waals surface area contributed by atoms with E-state index in [9.17, 15) is 9.18 Å². The maximum atomic E-state index is 13.2. The molecule has 1 aromatic carbocycles. The smallest absolute Gasteiger partial charge is 0.234 e. The number of aliphatic hydroxyl groups is 1. The van der Waals surface area contributed by atoms with E-state index in [1.165, 1.54) is 23.9 Å². The molecule has 0 aromatic heterocycles. The quantitative estimate of drug-likeness (QED) is 0.822. The number of para-hydroxylation sites is 1. The number of halogens is 1. The van der Waals surface area contributed by atoms with Crippen molar-refractivity contribution in [2.45, 2.75) is 18.6 Å². The lowest BCUT2D eigenvalue weighted by atomic mass is 10.3. The van der Waals surface area contributed by atoms with Gasteiger partial charge in [0.05, 0.1) is 11.4 Å². The molecule has 0 fully saturated rings. The number of benzene rings is 1. The van der Waals surface area contributed by atoms with Crippen LogP contribution in [0.5, 0.6) is 0 Å². The summed E-state index contributed by atoms with van der Waals surface area (Å²) in [5.41, 5.74) is 0.202. The Bertz CT molecular complexity index is 373. The molecule has 2 N–H and O–H groups in total. The minimum Gasteiger partial charge on any atom is -0.396 e. The number of amides is 1. The van der Waals surface area contributed by atoms with Crippen molar-refractivity contribution < 1.29 is 14.3 Å². The number of hydrogen-bond acceptors (Lipinski definition) is 3. The van der Waals surface area contributed by atoms with Crippen LogP contribution in [0.3, 0.4) is 0 Å². The van der Waals surface area contributed by atoms with Gasteiger partial charge in [-0.3, -0.25) is 4.79 Å². The fraction of sp³-hybridized carbons (Fsp3) is 0.417. The first-order valence-corrected chi connectivity index (χ1v) is 6.45. The van der Waals surface area contributed by atoms with Crippen molar-refractivity contribution in [2.75, 3.05) is 17.7 Å². The highest BCUT2D eigenvalue weighted by Crippen LogP contribution is 2.16. The number of thioether (sulfide) groups is 1. The molecular formula is C12H16FNO2S. The van der Waals surface area contributed by atoms with E-state index in [2.05, 4.69) is 5.32 Å². The SMILES string of the molecule is CC(CCO)SCC(=O)Nc1ccccc1F. The summed E-state index contributed by atoms with van der Waals surface area (Å²) in [6.07, 6.45) is 0.650. The minimum absolute atomic E-state index is 0.114. The maximum Gasteiger partial charge on any atom is 0.234 e. The second-order valence-corrected chi connectivity index (χ2v) is 5.09. The van der Waals surface area contributed by atoms with Crippen molar-refractivity contribution in [3.63, 3.8) is 0 Å². The topological polar surface area (TPSA) is 49.3 Å². The summed E-state index contributed by atoms with van der Waals surface area (Å²) in [5, 5.41) is 11.4. The van der Waals surface area contributed by atoms with Gasteiger partial charge in [0, 0.05) is 11.9 Å². The third-order valence-corrected chi connectivity index (χ3v) is 3.42. The molecule has 1 unspecified atom stereocenters. The number of carbonyl (C=O) groups is 1. The zero-order valence-electron chi connectivity index (χ0n) is 9.65. The number of carbonyl (C=O) groups excluding carboxylic acids is 1. The monoisotopic (exact) mass is 257 g/mol. The van der Waals surface area contributed by atoms with Crippen molar-refractivity contribution in [2.24, 2.45) is 0 Å². The van der Waals surface area contributed by atoms with Crippen molar-refractivity contribution in [1.82, 2.24) is 0 Å². The molecule has 0 radical (unpaired) electrons. The van der Waals surface area contributed by atoms with E-state index in [1.807, 2.05) is 6.92 Å². The van der Waals surface area contributed by atoms with Crippen LogP contribution in [0.15, 0.2) is 24.3 Å². The Morgan fingerprint density at radius 1 is 1.53 bits per heavy atom. The molecule has 0 saturated heterocycles. The van der Waals surface area contributed by atoms with E-state index in [0.29, 0.717) is 6.42 Å². The average molecular weight is 257 g/mol. The summed E-state index contributed by atoms with van der Waals surface area (Å²) in [6.45, 7) is 2.06. The lowest BCUT2D eigenvalue weighted by Crippen LogP contribution is -2.16. The van der Waals surface area contributed by atoms with E-state index in [4.69, 9.17) is 5.11 Å². The van der Waals surface area contributed by atoms with Crippen LogP contribution < -0.4 is 5.32 Å². The molecule has 0 aliphatic rings. The standard InChI is InChI=1S/C12H16FNO2S/c1-9(6-7-15)17-8-12(16)14-11-5-3-2-4-10(11)13/h2-5,9,15H,6-8H2,1H3,(H,14,16). The van der Waals surface area contributed by atoms with Gasteiger partial charge < -0.3 is 10.4 Å². The number of anilines is 1. The van der Waals surface area contributed by atoms with Gasteiger partial charge in [-0.15, -0.1) is 11.8 Å². The van der Waals surface area contributed by atoms with Gasteiger partial charge in [-0.1, -0.05) is 19.1 Å². The van der Waals surface area contributed by atoms with Gasteiger partial charge in [-0.25, -0.2) is 4.39 Å². The molecule has 17 heavy (non-hydrogen) atoms. The van der Waals surface area contributed by atoms with Gasteiger partial charge in [0.1, 0.15) is 5.82 Å². The Labute approximate surface area is 104 Å². The molecule has 3 nitrogen and oxygen atoms in total. The Kier molecular flexibility index (Phi) is 6.00. The Morgan fingerprint density at radius 2 is 2.24 bits per heavy atom. The van der Waals surface area contributed by atoms with Crippen molar-refractivity contribution in [1.29, 1.82) is 0 Å². The summed E-state index contributed by atoms with van der Waals surface area (Å²) in [4.78, 5) is 11.5. The zero-order chi connectivity index (χ0) is 12.7. The number of nitrogens with one attached hydrogen (secondary N) is 1. The molecule has 0 spiro atoms. The first kappa shape index (κ1) is 14.0. The molecule has 0 saturated carbocycles. The molecule has 0 aliphatic heterocycles. The van der Waals surface area contributed by atoms with Crippen LogP contribution in [0, 0.1) is 5.82 Å². The van der Waals surface area contributed by atoms with Crippen LogP contribution >= 0.6 is 11.8 Å². The summed E-state index contributed by atoms with van der Waals surface area (Å²) in [7, 11) is 0. The first-order valence-electron chi connectivity index (χ1n) is 5.40. The molecule has 94 valence electrons. The second kappa shape index (κ2) is 7.29. The van der Waals surface area contributed by atoms with Gasteiger partial charge in [-0.2, -0.15) is 0 Å². The highest BCUT2D eigenvalue weighted by atomic mass is 32.2. The number of aliphatic hydroxyl groups excluding tert-OH is 1. The van der Waals surface area contributed by atoms with E-state index >= 15 is 0 Å². The van der Waals surface area contributed by atoms with Crippen LogP contribution in [0.4, 0.5) is 10.1 Å². The fourth-order valence-electron chi connectivity index (χ4n) is 1.23. The lowest BCUT2D eigenvalue weighted by molar-refractivity contribution is -0.113. The van der Waals surface area contributed by atoms with Gasteiger partial charge in [0.2, 0.25) is 5.91 Å². The third-order valence-electron chi connectivity index (χ3n) is 2.18. The lowest BCUT2D eigenvalue weighted by Gasteiger charge is -2.09. The van der Waals surface area contributed by atoms with Crippen LogP contribution in [-0.2, 0) is 4.79 Å². The Hall–Kier alpha value is -1.07. The first-order chi connectivity index (χ1) is 8.13. The van der Waals surface area contributed by atoms with Gasteiger partial charge >= 0.3 is 0 Å². The van der Waals surface area contributed by atoms with E-state index in [-0.39, 0.29) is 29.2 Å². The van der Waals surface area contributed by atoms with Crippen molar-refractivity contribution in [3.8, 4) is 0 Å². The predicted molar refractivity (Wildman–Crippen MR) is 68.7 cm³/mol. The van der Waals surface area contributed by atoms with Crippen LogP contribution in [-0.4, -0.2) is 28.6 Å². The fourth-order valence-corrected chi connectivity index (χ4v) is 2.01. The summed E-state index contributed by atoms with van der Waals surface area (Å²) < 4.78 is 13.2. The summed E-state index contributed by atoms with van der Waals surface area (Å²) >= 11 is 1.44. The van der Waals surface area contributed by atoms with Crippen LogP contribution in [0.25, 0.3) is 0 Å². The molecule has 0 bridgehead atoms. The predicted octanol–water partition coefficient (Wildman–Crippen LogP) is 2.27. The highest BCUT2D eigenvalue weighted by Gasteiger charge is 2.08. The molecule has 1 aromatic rings. The van der Waals surface area contributed by atoms with Crippen LogP contribution in [0.2, 0.25) is 0 Å². The largest absolute Gasteiger partial charge is 0.396 e. The van der Waals surface area contributed by atoms with Gasteiger partial charge in [-0.05, 0) is 18.6 Å². The average Bonchev–Trinajstić information content (AvgIpc) is 2.30. The van der Waals surface area contributed by atoms with E-state index in [1.54, 1.807) is 12.1 Å². The molecule has 0 aliphatic carbocycles. The molecule has 0 heterocycles. The summed E-state index contributed by atoms with van der Waals surface area (Å²) in [5.74, 6) is -0.408. The maximum absolute atomic E-state index is 13.2. The molecular weight excluding hydrogens is 241 g/mol. The Morgan fingerprint density at radius 3 is 2.88 bits per heavy atom. The van der Waals surface area contributed by atoms with Crippen molar-refractivity contribution in [3.05, 3.63) is 30.1 Å². The van der Waals surface area contributed by atoms with Crippen LogP contribution in [0.1, 0.15) is 13.3 Å². The molecule has 1 atom stereocenters. The normalized spacial score (nSPS) is 12.2. The van der Waals surface area contributed by atoms with E-state index in [0.717, 1.165) is 0 Å². The zero-order valence-corrected chi connectivity index (χ0v) is 10.5.